The van der Waals surface area contributed by atoms with Crippen molar-refractivity contribution >= 4 is 23.0 Å². The van der Waals surface area contributed by atoms with Gasteiger partial charge in [-0.1, -0.05) is 0 Å². The molecule has 2 amide bonds. The highest BCUT2D eigenvalue weighted by Gasteiger charge is 2.08. The standard InChI is InChI=1S/C15H12N4O2/c16-14(20)10-1-3-12(4-2-10)18-15(21)11-5-6-19-9-17-8-13(19)7-11/h1-9H,(H2,16,20)(H,18,21). The Labute approximate surface area is 120 Å². The Morgan fingerprint density at radius 1 is 1.10 bits per heavy atom. The lowest BCUT2D eigenvalue weighted by molar-refractivity contribution is 0.0998. The van der Waals surface area contributed by atoms with Crippen molar-refractivity contribution in [3.8, 4) is 0 Å². The van der Waals surface area contributed by atoms with E-state index < -0.39 is 5.91 Å². The number of nitrogens with two attached hydrogens (primary N) is 1. The van der Waals surface area contributed by atoms with Crippen molar-refractivity contribution in [3.63, 3.8) is 0 Å². The summed E-state index contributed by atoms with van der Waals surface area (Å²) in [5.41, 5.74) is 7.53. The smallest absolute Gasteiger partial charge is 0.255 e. The van der Waals surface area contributed by atoms with Gasteiger partial charge in [-0.3, -0.25) is 9.59 Å². The topological polar surface area (TPSA) is 89.5 Å². The van der Waals surface area contributed by atoms with Gasteiger partial charge < -0.3 is 15.5 Å². The summed E-state index contributed by atoms with van der Waals surface area (Å²) in [5, 5.41) is 2.76. The van der Waals surface area contributed by atoms with E-state index >= 15 is 0 Å². The maximum Gasteiger partial charge on any atom is 0.255 e. The highest BCUT2D eigenvalue weighted by atomic mass is 16.2. The van der Waals surface area contributed by atoms with Gasteiger partial charge in [0.1, 0.15) is 0 Å². The number of hydrogen-bond donors (Lipinski definition) is 2. The van der Waals surface area contributed by atoms with Gasteiger partial charge in [0.25, 0.3) is 5.91 Å². The number of carbonyl (C=O) groups excluding carboxylic acids is 2. The minimum atomic E-state index is -0.501. The Bertz CT molecular complexity index is 821. The highest BCUT2D eigenvalue weighted by molar-refractivity contribution is 6.05. The van der Waals surface area contributed by atoms with Gasteiger partial charge >= 0.3 is 0 Å². The van der Waals surface area contributed by atoms with Crippen LogP contribution < -0.4 is 11.1 Å². The maximum absolute atomic E-state index is 12.2. The SMILES string of the molecule is NC(=O)c1ccc(NC(=O)c2ccn3cncc3c2)cc1. The second-order valence-electron chi connectivity index (χ2n) is 4.54. The Balaban J connectivity index is 1.80. The average molecular weight is 280 g/mol. The Morgan fingerprint density at radius 3 is 2.57 bits per heavy atom. The lowest BCUT2D eigenvalue weighted by Crippen LogP contribution is -2.13. The van der Waals surface area contributed by atoms with E-state index in [2.05, 4.69) is 10.3 Å². The molecule has 3 aromatic rings. The summed E-state index contributed by atoms with van der Waals surface area (Å²) >= 11 is 0. The fourth-order valence-electron chi connectivity index (χ4n) is 1.98. The predicted molar refractivity (Wildman–Crippen MR) is 78.1 cm³/mol. The molecule has 0 spiro atoms. The number of anilines is 1. The molecule has 0 saturated heterocycles. The summed E-state index contributed by atoms with van der Waals surface area (Å²) < 4.78 is 1.82. The van der Waals surface area contributed by atoms with Gasteiger partial charge in [0.15, 0.2) is 0 Å². The minimum Gasteiger partial charge on any atom is -0.366 e. The Hall–Kier alpha value is -3.15. The number of rotatable bonds is 3. The number of primary amides is 1. The molecule has 0 saturated carbocycles. The second-order valence-corrected chi connectivity index (χ2v) is 4.54. The van der Waals surface area contributed by atoms with Crippen LogP contribution in [0.15, 0.2) is 55.1 Å². The number of amides is 2. The molecule has 0 fully saturated rings. The van der Waals surface area contributed by atoms with Gasteiger partial charge in [-0.05, 0) is 36.4 Å². The molecule has 6 nitrogen and oxygen atoms in total. The third kappa shape index (κ3) is 2.59. The third-order valence-electron chi connectivity index (χ3n) is 3.10. The summed E-state index contributed by atoms with van der Waals surface area (Å²) in [6.07, 6.45) is 5.12. The number of carbonyl (C=O) groups is 2. The fourth-order valence-corrected chi connectivity index (χ4v) is 1.98. The van der Waals surface area contributed by atoms with E-state index in [1.54, 1.807) is 55.1 Å². The Morgan fingerprint density at radius 2 is 1.86 bits per heavy atom. The number of hydrogen-bond acceptors (Lipinski definition) is 3. The van der Waals surface area contributed by atoms with Gasteiger partial charge in [-0.15, -0.1) is 0 Å². The van der Waals surface area contributed by atoms with Crippen LogP contribution in [0.1, 0.15) is 20.7 Å². The molecule has 3 rings (SSSR count). The number of pyridine rings is 1. The normalized spacial score (nSPS) is 10.5. The van der Waals surface area contributed by atoms with Crippen LogP contribution in [0.5, 0.6) is 0 Å². The second kappa shape index (κ2) is 5.09. The average Bonchev–Trinajstić information content (AvgIpc) is 2.95. The number of fused-ring (bicyclic) bond motifs is 1. The number of nitrogens with one attached hydrogen (secondary N) is 1. The molecule has 2 aromatic heterocycles. The molecule has 6 heteroatoms. The van der Waals surface area contributed by atoms with Crippen LogP contribution in [0.2, 0.25) is 0 Å². The van der Waals surface area contributed by atoms with Gasteiger partial charge in [0.2, 0.25) is 5.91 Å². The molecular weight excluding hydrogens is 268 g/mol. The first kappa shape index (κ1) is 12.9. The quantitative estimate of drug-likeness (QED) is 0.765. The summed E-state index contributed by atoms with van der Waals surface area (Å²) in [6.45, 7) is 0. The number of nitrogens with zero attached hydrogens (tertiary/aromatic N) is 2. The number of benzene rings is 1. The predicted octanol–water partition coefficient (Wildman–Crippen LogP) is 1.69. The molecule has 0 atom stereocenters. The van der Waals surface area contributed by atoms with Crippen LogP contribution in [0.4, 0.5) is 5.69 Å². The molecule has 0 radical (unpaired) electrons. The lowest BCUT2D eigenvalue weighted by Gasteiger charge is -2.06. The molecule has 1 aromatic carbocycles. The van der Waals surface area contributed by atoms with Gasteiger partial charge in [-0.2, -0.15) is 0 Å². The third-order valence-corrected chi connectivity index (χ3v) is 3.10. The molecule has 0 bridgehead atoms. The van der Waals surface area contributed by atoms with Crippen LogP contribution in [-0.2, 0) is 0 Å². The molecule has 0 aliphatic carbocycles. The van der Waals surface area contributed by atoms with E-state index in [9.17, 15) is 9.59 Å². The van der Waals surface area contributed by atoms with Crippen molar-refractivity contribution in [2.24, 2.45) is 5.73 Å². The van der Waals surface area contributed by atoms with Crippen molar-refractivity contribution in [1.82, 2.24) is 9.38 Å². The molecule has 21 heavy (non-hydrogen) atoms. The van der Waals surface area contributed by atoms with Crippen molar-refractivity contribution in [2.45, 2.75) is 0 Å². The molecule has 0 aliphatic rings. The van der Waals surface area contributed by atoms with Crippen LogP contribution in [0, 0.1) is 0 Å². The van der Waals surface area contributed by atoms with E-state index in [-0.39, 0.29) is 5.91 Å². The zero-order valence-corrected chi connectivity index (χ0v) is 11.0. The lowest BCUT2D eigenvalue weighted by atomic mass is 10.2. The van der Waals surface area contributed by atoms with Crippen LogP contribution in [0.3, 0.4) is 0 Å². The fraction of sp³-hybridized carbons (Fsp3) is 0. The first-order chi connectivity index (χ1) is 10.1. The van der Waals surface area contributed by atoms with E-state index in [1.165, 1.54) is 0 Å². The zero-order chi connectivity index (χ0) is 14.8. The first-order valence-electron chi connectivity index (χ1n) is 6.26. The van der Waals surface area contributed by atoms with Crippen LogP contribution in [-0.4, -0.2) is 21.2 Å². The van der Waals surface area contributed by atoms with Crippen LogP contribution in [0.25, 0.3) is 5.52 Å². The summed E-state index contributed by atoms with van der Waals surface area (Å²) in [4.78, 5) is 27.1. The van der Waals surface area contributed by atoms with Gasteiger partial charge in [-0.25, -0.2) is 4.98 Å². The summed E-state index contributed by atoms with van der Waals surface area (Å²) in [7, 11) is 0. The van der Waals surface area contributed by atoms with E-state index in [1.807, 2.05) is 4.40 Å². The highest BCUT2D eigenvalue weighted by Crippen LogP contribution is 2.12. The summed E-state index contributed by atoms with van der Waals surface area (Å²) in [5.74, 6) is -0.732. The molecular formula is C15H12N4O2. The molecule has 104 valence electrons. The van der Waals surface area contributed by atoms with Crippen LogP contribution >= 0.6 is 0 Å². The maximum atomic E-state index is 12.2. The van der Waals surface area contributed by atoms with Gasteiger partial charge in [0, 0.05) is 23.0 Å². The van der Waals surface area contributed by atoms with E-state index in [0.717, 1.165) is 5.52 Å². The monoisotopic (exact) mass is 280 g/mol. The first-order valence-corrected chi connectivity index (χ1v) is 6.26. The van der Waals surface area contributed by atoms with Crippen molar-refractivity contribution < 1.29 is 9.59 Å². The summed E-state index contributed by atoms with van der Waals surface area (Å²) in [6, 6.07) is 9.86. The van der Waals surface area contributed by atoms with Crippen molar-refractivity contribution in [2.75, 3.05) is 5.32 Å². The van der Waals surface area contributed by atoms with Gasteiger partial charge in [0.05, 0.1) is 18.0 Å². The largest absolute Gasteiger partial charge is 0.366 e. The Kier molecular flexibility index (Phi) is 3.12. The number of imidazole rings is 1. The minimum absolute atomic E-state index is 0.231. The number of aromatic nitrogens is 2. The van der Waals surface area contributed by atoms with Crippen molar-refractivity contribution in [3.05, 3.63) is 66.2 Å². The van der Waals surface area contributed by atoms with E-state index in [4.69, 9.17) is 5.73 Å². The van der Waals surface area contributed by atoms with Crippen molar-refractivity contribution in [1.29, 1.82) is 0 Å². The molecule has 0 aliphatic heterocycles. The molecule has 2 heterocycles. The zero-order valence-electron chi connectivity index (χ0n) is 11.0. The molecule has 0 unspecified atom stereocenters. The molecule has 3 N–H and O–H groups in total. The van der Waals surface area contributed by atoms with E-state index in [0.29, 0.717) is 16.8 Å².